The topological polar surface area (TPSA) is 40.2 Å². The molecule has 0 radical (unpaired) electrons. The number of nitrogens with two attached hydrogens (primary N) is 1. The number of hydrogen-bond donors (Lipinski definition) is 1. The molecule has 0 bridgehead atoms. The van der Waals surface area contributed by atoms with Crippen molar-refractivity contribution in [3.63, 3.8) is 0 Å². The SMILES string of the molecule is Nc1[nH+]c(C2(c3ccc(Cl)cc3)CCCC2)c(Br)s1. The number of H-pyrrole nitrogens is 1. The van der Waals surface area contributed by atoms with E-state index in [-0.39, 0.29) is 5.41 Å². The second-order valence-corrected chi connectivity index (χ2v) is 7.84. The van der Waals surface area contributed by atoms with E-state index in [1.54, 1.807) is 11.3 Å². The summed E-state index contributed by atoms with van der Waals surface area (Å²) in [6, 6.07) is 8.23. The summed E-state index contributed by atoms with van der Waals surface area (Å²) in [5, 5.41) is 1.53. The van der Waals surface area contributed by atoms with E-state index in [2.05, 4.69) is 33.0 Å². The molecule has 0 atom stereocenters. The van der Waals surface area contributed by atoms with Crippen LogP contribution in [0.1, 0.15) is 36.9 Å². The Hall–Kier alpha value is -0.580. The van der Waals surface area contributed by atoms with Crippen LogP contribution in [0.2, 0.25) is 5.02 Å². The van der Waals surface area contributed by atoms with Gasteiger partial charge in [-0.25, -0.2) is 4.98 Å². The highest BCUT2D eigenvalue weighted by Crippen LogP contribution is 2.48. The Morgan fingerprint density at radius 2 is 1.84 bits per heavy atom. The minimum Gasteiger partial charge on any atom is -0.278 e. The van der Waals surface area contributed by atoms with Crippen molar-refractivity contribution >= 4 is 44.0 Å². The first-order chi connectivity index (χ1) is 9.12. The van der Waals surface area contributed by atoms with Gasteiger partial charge >= 0.3 is 5.13 Å². The molecular formula is C14H15BrClN2S+. The van der Waals surface area contributed by atoms with E-state index in [0.717, 1.165) is 26.8 Å². The lowest BCUT2D eigenvalue weighted by Gasteiger charge is -2.27. The number of nitrogens with one attached hydrogen (secondary N) is 1. The molecule has 1 aromatic heterocycles. The van der Waals surface area contributed by atoms with Gasteiger partial charge in [0.05, 0.1) is 5.41 Å². The fourth-order valence-electron chi connectivity index (χ4n) is 3.08. The van der Waals surface area contributed by atoms with Gasteiger partial charge < -0.3 is 0 Å². The van der Waals surface area contributed by atoms with Crippen LogP contribution in [0.3, 0.4) is 0 Å². The van der Waals surface area contributed by atoms with Crippen LogP contribution in [-0.2, 0) is 5.41 Å². The van der Waals surface area contributed by atoms with Gasteiger partial charge in [0.25, 0.3) is 0 Å². The summed E-state index contributed by atoms with van der Waals surface area (Å²) in [6.45, 7) is 0. The quantitative estimate of drug-likeness (QED) is 0.848. The van der Waals surface area contributed by atoms with E-state index in [4.69, 9.17) is 17.3 Å². The highest BCUT2D eigenvalue weighted by atomic mass is 79.9. The first-order valence-electron chi connectivity index (χ1n) is 6.35. The summed E-state index contributed by atoms with van der Waals surface area (Å²) in [4.78, 5) is 3.36. The Labute approximate surface area is 130 Å². The van der Waals surface area contributed by atoms with Crippen molar-refractivity contribution in [3.8, 4) is 0 Å². The zero-order valence-corrected chi connectivity index (χ0v) is 13.5. The van der Waals surface area contributed by atoms with Crippen molar-refractivity contribution in [3.05, 3.63) is 44.3 Å². The maximum atomic E-state index is 6.01. The van der Waals surface area contributed by atoms with Crippen LogP contribution in [0, 0.1) is 0 Å². The first-order valence-corrected chi connectivity index (χ1v) is 8.34. The number of thiazole rings is 1. The normalized spacial score (nSPS) is 17.8. The van der Waals surface area contributed by atoms with Gasteiger partial charge in [-0.05, 0) is 57.8 Å². The molecule has 1 aliphatic carbocycles. The molecule has 100 valence electrons. The maximum Gasteiger partial charge on any atom is 0.330 e. The van der Waals surface area contributed by atoms with Crippen LogP contribution in [0.5, 0.6) is 0 Å². The number of hydrogen-bond acceptors (Lipinski definition) is 2. The standard InChI is InChI=1S/C14H14BrClN2S/c15-12-11(18-13(17)19-12)14(7-1-2-8-14)9-3-5-10(16)6-4-9/h3-6H,1-2,7-8H2,(H2,17,18)/p+1. The molecule has 2 nitrogen and oxygen atoms in total. The summed E-state index contributed by atoms with van der Waals surface area (Å²) < 4.78 is 1.11. The molecule has 0 saturated heterocycles. The Morgan fingerprint density at radius 3 is 2.37 bits per heavy atom. The minimum absolute atomic E-state index is 0.0531. The lowest BCUT2D eigenvalue weighted by molar-refractivity contribution is -0.374. The number of nitrogen functional groups attached to an aromatic ring is 1. The lowest BCUT2D eigenvalue weighted by atomic mass is 9.76. The molecule has 1 aromatic carbocycles. The molecule has 0 aliphatic heterocycles. The summed E-state index contributed by atoms with van der Waals surface area (Å²) in [5.74, 6) is 0. The fourth-order valence-corrected chi connectivity index (χ4v) is 4.91. The van der Waals surface area contributed by atoms with E-state index in [1.165, 1.54) is 24.1 Å². The van der Waals surface area contributed by atoms with Crippen LogP contribution in [-0.4, -0.2) is 0 Å². The van der Waals surface area contributed by atoms with Crippen molar-refractivity contribution in [1.82, 2.24) is 0 Å². The molecule has 2 aromatic rings. The molecule has 1 aliphatic rings. The zero-order chi connectivity index (χ0) is 13.5. The third-order valence-electron chi connectivity index (χ3n) is 3.98. The number of halogens is 2. The van der Waals surface area contributed by atoms with Crippen molar-refractivity contribution in [2.45, 2.75) is 31.1 Å². The van der Waals surface area contributed by atoms with Gasteiger partial charge in [-0.15, -0.1) is 0 Å². The fraction of sp³-hybridized carbons (Fsp3) is 0.357. The van der Waals surface area contributed by atoms with Gasteiger partial charge in [-0.3, -0.25) is 5.73 Å². The van der Waals surface area contributed by atoms with Gasteiger partial charge in [0.15, 0.2) is 0 Å². The second-order valence-electron chi connectivity index (χ2n) is 5.04. The van der Waals surface area contributed by atoms with Gasteiger partial charge in [0, 0.05) is 5.02 Å². The molecule has 1 saturated carbocycles. The van der Waals surface area contributed by atoms with Gasteiger partial charge in [0.2, 0.25) is 0 Å². The minimum atomic E-state index is 0.0531. The summed E-state index contributed by atoms with van der Waals surface area (Å²) in [6.07, 6.45) is 4.80. The molecule has 3 rings (SSSR count). The van der Waals surface area contributed by atoms with E-state index in [1.807, 2.05) is 12.1 Å². The van der Waals surface area contributed by atoms with Crippen molar-refractivity contribution in [2.24, 2.45) is 0 Å². The second kappa shape index (κ2) is 5.08. The van der Waals surface area contributed by atoms with Crippen molar-refractivity contribution in [2.75, 3.05) is 5.73 Å². The molecule has 3 N–H and O–H groups in total. The van der Waals surface area contributed by atoms with Crippen LogP contribution < -0.4 is 10.7 Å². The number of aromatic amines is 1. The predicted molar refractivity (Wildman–Crippen MR) is 83.7 cm³/mol. The predicted octanol–water partition coefficient (Wildman–Crippen LogP) is 4.42. The summed E-state index contributed by atoms with van der Waals surface area (Å²) in [7, 11) is 0. The van der Waals surface area contributed by atoms with Crippen LogP contribution in [0.25, 0.3) is 0 Å². The summed E-state index contributed by atoms with van der Waals surface area (Å²) in [5.41, 5.74) is 8.51. The highest BCUT2D eigenvalue weighted by Gasteiger charge is 2.42. The number of anilines is 1. The molecule has 0 amide bonds. The molecule has 1 fully saturated rings. The zero-order valence-electron chi connectivity index (χ0n) is 10.4. The number of aromatic nitrogens is 1. The van der Waals surface area contributed by atoms with Gasteiger partial charge in [-0.2, -0.15) is 0 Å². The van der Waals surface area contributed by atoms with Crippen LogP contribution in [0.4, 0.5) is 5.13 Å². The van der Waals surface area contributed by atoms with E-state index < -0.39 is 0 Å². The highest BCUT2D eigenvalue weighted by molar-refractivity contribution is 9.11. The molecule has 5 heteroatoms. The largest absolute Gasteiger partial charge is 0.330 e. The van der Waals surface area contributed by atoms with Crippen molar-refractivity contribution < 1.29 is 4.98 Å². The Balaban J connectivity index is 2.14. The van der Waals surface area contributed by atoms with E-state index >= 15 is 0 Å². The van der Waals surface area contributed by atoms with Crippen LogP contribution in [0.15, 0.2) is 28.1 Å². The van der Waals surface area contributed by atoms with Gasteiger partial charge in [-0.1, -0.05) is 36.6 Å². The Kier molecular flexibility index (Phi) is 3.58. The first kappa shape index (κ1) is 13.4. The number of benzene rings is 1. The third kappa shape index (κ3) is 2.30. The maximum absolute atomic E-state index is 6.01. The number of rotatable bonds is 2. The molecule has 0 spiro atoms. The molecule has 0 unspecified atom stereocenters. The van der Waals surface area contributed by atoms with E-state index in [9.17, 15) is 0 Å². The lowest BCUT2D eigenvalue weighted by Crippen LogP contribution is -2.31. The third-order valence-corrected chi connectivity index (χ3v) is 5.82. The smallest absolute Gasteiger partial charge is 0.278 e. The molecular weight excluding hydrogens is 344 g/mol. The Morgan fingerprint density at radius 1 is 1.21 bits per heavy atom. The van der Waals surface area contributed by atoms with E-state index in [0.29, 0.717) is 0 Å². The Bertz CT molecular complexity index is 588. The van der Waals surface area contributed by atoms with Crippen LogP contribution >= 0.6 is 38.9 Å². The molecule has 19 heavy (non-hydrogen) atoms. The van der Waals surface area contributed by atoms with Gasteiger partial charge in [0.1, 0.15) is 9.48 Å². The monoisotopic (exact) mass is 357 g/mol. The summed E-state index contributed by atoms with van der Waals surface area (Å²) >= 11 is 11.2. The average Bonchev–Trinajstić information content (AvgIpc) is 2.98. The molecule has 1 heterocycles. The average molecular weight is 359 g/mol. The van der Waals surface area contributed by atoms with Crippen molar-refractivity contribution in [1.29, 1.82) is 0 Å².